The Kier molecular flexibility index (Phi) is 6.06. The Hall–Kier alpha value is -0.860. The van der Waals surface area contributed by atoms with E-state index in [1.54, 1.807) is 0 Å². The van der Waals surface area contributed by atoms with Crippen molar-refractivity contribution in [2.24, 2.45) is 5.92 Å². The monoisotopic (exact) mass is 274 g/mol. The Morgan fingerprint density at radius 1 is 1.15 bits per heavy atom. The highest BCUT2D eigenvalue weighted by molar-refractivity contribution is 5.18. The zero-order chi connectivity index (χ0) is 14.4. The van der Waals surface area contributed by atoms with Crippen LogP contribution in [0.25, 0.3) is 0 Å². The molecule has 1 aliphatic rings. The average molecular weight is 274 g/mol. The first-order chi connectivity index (χ1) is 9.70. The third-order valence-corrected chi connectivity index (χ3v) is 4.93. The largest absolute Gasteiger partial charge is 0.313 e. The van der Waals surface area contributed by atoms with Crippen molar-refractivity contribution in [2.75, 3.05) is 20.6 Å². The summed E-state index contributed by atoms with van der Waals surface area (Å²) in [5.74, 6) is 0.939. The van der Waals surface area contributed by atoms with E-state index in [9.17, 15) is 0 Å². The summed E-state index contributed by atoms with van der Waals surface area (Å²) < 4.78 is 0. The summed E-state index contributed by atoms with van der Waals surface area (Å²) in [6, 6.07) is 12.1. The number of nitrogens with one attached hydrogen (secondary N) is 1. The van der Waals surface area contributed by atoms with Crippen molar-refractivity contribution in [2.45, 2.75) is 51.1 Å². The first-order valence-electron chi connectivity index (χ1n) is 8.13. The molecule has 0 spiro atoms. The summed E-state index contributed by atoms with van der Waals surface area (Å²) in [6.07, 6.45) is 6.76. The molecule has 1 saturated carbocycles. The molecule has 0 heterocycles. The van der Waals surface area contributed by atoms with Gasteiger partial charge in [-0.1, -0.05) is 37.3 Å². The SMILES string of the molecule is CNC(CCN(C)C1CCC(C)CC1)c1ccccc1. The molecule has 0 radical (unpaired) electrons. The smallest absolute Gasteiger partial charge is 0.0329 e. The quantitative estimate of drug-likeness (QED) is 0.847. The zero-order valence-corrected chi connectivity index (χ0v) is 13.3. The number of benzene rings is 1. The van der Waals surface area contributed by atoms with Crippen molar-refractivity contribution in [3.63, 3.8) is 0 Å². The Bertz CT molecular complexity index is 368. The van der Waals surface area contributed by atoms with E-state index in [2.05, 4.69) is 61.6 Å². The minimum absolute atomic E-state index is 0.473. The molecule has 1 aromatic carbocycles. The highest BCUT2D eigenvalue weighted by Gasteiger charge is 2.22. The molecule has 1 unspecified atom stereocenters. The van der Waals surface area contributed by atoms with E-state index in [0.717, 1.165) is 12.0 Å². The summed E-state index contributed by atoms with van der Waals surface area (Å²) in [5, 5.41) is 3.46. The normalized spacial score (nSPS) is 24.8. The van der Waals surface area contributed by atoms with Crippen LogP contribution in [0.5, 0.6) is 0 Å². The lowest BCUT2D eigenvalue weighted by Crippen LogP contribution is -2.36. The maximum absolute atomic E-state index is 3.46. The van der Waals surface area contributed by atoms with Crippen molar-refractivity contribution < 1.29 is 0 Å². The minimum atomic E-state index is 0.473. The van der Waals surface area contributed by atoms with Crippen LogP contribution in [-0.2, 0) is 0 Å². The fourth-order valence-corrected chi connectivity index (χ4v) is 3.36. The maximum Gasteiger partial charge on any atom is 0.0329 e. The van der Waals surface area contributed by atoms with Gasteiger partial charge in [0.05, 0.1) is 0 Å². The van der Waals surface area contributed by atoms with Crippen LogP contribution in [-0.4, -0.2) is 31.6 Å². The molecular formula is C18H30N2. The number of rotatable bonds is 6. The van der Waals surface area contributed by atoms with Gasteiger partial charge in [0.2, 0.25) is 0 Å². The van der Waals surface area contributed by atoms with Gasteiger partial charge in [0.15, 0.2) is 0 Å². The van der Waals surface area contributed by atoms with E-state index >= 15 is 0 Å². The van der Waals surface area contributed by atoms with E-state index in [0.29, 0.717) is 6.04 Å². The molecule has 1 atom stereocenters. The summed E-state index contributed by atoms with van der Waals surface area (Å²) in [5.41, 5.74) is 1.40. The van der Waals surface area contributed by atoms with Gasteiger partial charge in [-0.25, -0.2) is 0 Å². The highest BCUT2D eigenvalue weighted by atomic mass is 15.1. The van der Waals surface area contributed by atoms with Gasteiger partial charge in [-0.15, -0.1) is 0 Å². The average Bonchev–Trinajstić information content (AvgIpc) is 2.49. The third-order valence-electron chi connectivity index (χ3n) is 4.93. The number of nitrogens with zero attached hydrogens (tertiary/aromatic N) is 1. The van der Waals surface area contributed by atoms with Crippen molar-refractivity contribution in [3.05, 3.63) is 35.9 Å². The third kappa shape index (κ3) is 4.32. The predicted octanol–water partition coefficient (Wildman–Crippen LogP) is 3.85. The molecule has 1 N–H and O–H groups in total. The van der Waals surface area contributed by atoms with Crippen molar-refractivity contribution in [1.82, 2.24) is 10.2 Å². The molecule has 2 nitrogen and oxygen atoms in total. The molecule has 1 fully saturated rings. The highest BCUT2D eigenvalue weighted by Crippen LogP contribution is 2.27. The van der Waals surface area contributed by atoms with Crippen LogP contribution in [0.1, 0.15) is 50.6 Å². The molecule has 0 bridgehead atoms. The Morgan fingerprint density at radius 3 is 2.40 bits per heavy atom. The molecule has 0 amide bonds. The summed E-state index contributed by atoms with van der Waals surface area (Å²) in [4.78, 5) is 2.58. The van der Waals surface area contributed by atoms with E-state index in [1.807, 2.05) is 0 Å². The number of hydrogen-bond donors (Lipinski definition) is 1. The molecule has 2 heteroatoms. The first-order valence-corrected chi connectivity index (χ1v) is 8.13. The lowest BCUT2D eigenvalue weighted by Gasteiger charge is -2.34. The predicted molar refractivity (Wildman–Crippen MR) is 86.9 cm³/mol. The topological polar surface area (TPSA) is 15.3 Å². The number of hydrogen-bond acceptors (Lipinski definition) is 2. The molecular weight excluding hydrogens is 244 g/mol. The molecule has 112 valence electrons. The Morgan fingerprint density at radius 2 is 1.80 bits per heavy atom. The molecule has 0 aliphatic heterocycles. The first kappa shape index (κ1) is 15.5. The molecule has 1 aliphatic carbocycles. The van der Waals surface area contributed by atoms with Gasteiger partial charge in [-0.05, 0) is 64.2 Å². The summed E-state index contributed by atoms with van der Waals surface area (Å²) >= 11 is 0. The fourth-order valence-electron chi connectivity index (χ4n) is 3.36. The zero-order valence-electron chi connectivity index (χ0n) is 13.3. The van der Waals surface area contributed by atoms with Crippen molar-refractivity contribution in [3.8, 4) is 0 Å². The lowest BCUT2D eigenvalue weighted by atomic mass is 9.86. The Labute approximate surface area is 124 Å². The molecule has 1 aromatic rings. The Balaban J connectivity index is 1.81. The summed E-state index contributed by atoms with van der Waals surface area (Å²) in [6.45, 7) is 3.57. The second kappa shape index (κ2) is 7.80. The second-order valence-corrected chi connectivity index (χ2v) is 6.43. The van der Waals surface area contributed by atoms with Crippen LogP contribution in [0, 0.1) is 5.92 Å². The van der Waals surface area contributed by atoms with Gasteiger partial charge >= 0.3 is 0 Å². The second-order valence-electron chi connectivity index (χ2n) is 6.43. The van der Waals surface area contributed by atoms with Crippen LogP contribution >= 0.6 is 0 Å². The van der Waals surface area contributed by atoms with Gasteiger partial charge in [-0.3, -0.25) is 0 Å². The molecule has 20 heavy (non-hydrogen) atoms. The fraction of sp³-hybridized carbons (Fsp3) is 0.667. The van der Waals surface area contributed by atoms with Crippen molar-refractivity contribution in [1.29, 1.82) is 0 Å². The molecule has 0 saturated heterocycles. The van der Waals surface area contributed by atoms with Crippen LogP contribution in [0.4, 0.5) is 0 Å². The maximum atomic E-state index is 3.46. The van der Waals surface area contributed by atoms with Gasteiger partial charge in [0.25, 0.3) is 0 Å². The van der Waals surface area contributed by atoms with Gasteiger partial charge in [0, 0.05) is 12.1 Å². The van der Waals surface area contributed by atoms with Crippen molar-refractivity contribution >= 4 is 0 Å². The van der Waals surface area contributed by atoms with E-state index in [4.69, 9.17) is 0 Å². The van der Waals surface area contributed by atoms with Gasteiger partial charge in [-0.2, -0.15) is 0 Å². The standard InChI is InChI=1S/C18H30N2/c1-15-9-11-17(12-10-15)20(3)14-13-18(19-2)16-7-5-4-6-8-16/h4-8,15,17-19H,9-14H2,1-3H3. The van der Waals surface area contributed by atoms with Gasteiger partial charge < -0.3 is 10.2 Å². The van der Waals surface area contributed by atoms with E-state index in [1.165, 1.54) is 44.2 Å². The molecule has 0 aromatic heterocycles. The molecule has 2 rings (SSSR count). The van der Waals surface area contributed by atoms with Gasteiger partial charge in [0.1, 0.15) is 0 Å². The van der Waals surface area contributed by atoms with Crippen LogP contribution in [0.3, 0.4) is 0 Å². The lowest BCUT2D eigenvalue weighted by molar-refractivity contribution is 0.164. The van der Waals surface area contributed by atoms with E-state index in [-0.39, 0.29) is 0 Å². The van der Waals surface area contributed by atoms with Crippen LogP contribution in [0.2, 0.25) is 0 Å². The summed E-state index contributed by atoms with van der Waals surface area (Å²) in [7, 11) is 4.37. The minimum Gasteiger partial charge on any atom is -0.313 e. The van der Waals surface area contributed by atoms with Crippen LogP contribution < -0.4 is 5.32 Å². The van der Waals surface area contributed by atoms with Crippen LogP contribution in [0.15, 0.2) is 30.3 Å². The van der Waals surface area contributed by atoms with E-state index < -0.39 is 0 Å².